The number of thioether (sulfide) groups is 1. The van der Waals surface area contributed by atoms with Gasteiger partial charge in [0.2, 0.25) is 0 Å². The van der Waals surface area contributed by atoms with Crippen molar-refractivity contribution in [2.24, 2.45) is 0 Å². The molecule has 0 radical (unpaired) electrons. The normalized spacial score (nSPS) is 16.9. The first-order valence-electron chi connectivity index (χ1n) is 10.9. The zero-order valence-electron chi connectivity index (χ0n) is 19.5. The average Bonchev–Trinajstić information content (AvgIpc) is 3.53. The van der Waals surface area contributed by atoms with E-state index in [0.29, 0.717) is 17.0 Å². The van der Waals surface area contributed by atoms with Crippen LogP contribution in [0.1, 0.15) is 57.1 Å². The maximum Gasteiger partial charge on any atom is 0.151 e. The molecule has 5 nitrogen and oxygen atoms in total. The van der Waals surface area contributed by atoms with Crippen LogP contribution in [0.25, 0.3) is 0 Å². The van der Waals surface area contributed by atoms with Gasteiger partial charge in [-0.25, -0.2) is 4.39 Å². The third-order valence-corrected chi connectivity index (χ3v) is 6.32. The Balaban J connectivity index is 0.000000265. The van der Waals surface area contributed by atoms with E-state index >= 15 is 0 Å². The largest absolute Gasteiger partial charge is 0.518 e. The molecule has 0 spiro atoms. The van der Waals surface area contributed by atoms with Gasteiger partial charge in [0.05, 0.1) is 30.6 Å². The van der Waals surface area contributed by atoms with Crippen LogP contribution in [0.5, 0.6) is 0 Å². The number of halogens is 1. The molecule has 2 aliphatic heterocycles. The van der Waals surface area contributed by atoms with Crippen molar-refractivity contribution in [2.75, 3.05) is 25.6 Å². The van der Waals surface area contributed by atoms with Gasteiger partial charge < -0.3 is 21.9 Å². The summed E-state index contributed by atoms with van der Waals surface area (Å²) in [6.45, 7) is 10.4. The molecular formula is C24H36FN4OSU-. The van der Waals surface area contributed by atoms with Crippen molar-refractivity contribution < 1.29 is 40.2 Å². The van der Waals surface area contributed by atoms with Gasteiger partial charge >= 0.3 is 0 Å². The van der Waals surface area contributed by atoms with Crippen molar-refractivity contribution in [3.63, 3.8) is 0 Å². The molecule has 3 aliphatic rings. The number of fused-ring (bicyclic) bond motifs is 1. The molecular weight excluding hydrogens is 649 g/mol. The Kier molecular flexibility index (Phi) is 14.6. The van der Waals surface area contributed by atoms with Gasteiger partial charge in [0.1, 0.15) is 5.82 Å². The van der Waals surface area contributed by atoms with E-state index in [0.717, 1.165) is 35.8 Å². The molecule has 0 amide bonds. The van der Waals surface area contributed by atoms with Crippen LogP contribution in [0.3, 0.4) is 0 Å². The summed E-state index contributed by atoms with van der Waals surface area (Å²) in [5, 5.41) is 12.7. The molecule has 1 saturated heterocycles. The Hall–Kier alpha value is -0.778. The molecule has 2 aromatic rings. The molecule has 1 aromatic heterocycles. The van der Waals surface area contributed by atoms with Crippen molar-refractivity contribution in [3.05, 3.63) is 54.0 Å². The number of allylic oxidation sites excluding steroid dienone is 1. The fourth-order valence-corrected chi connectivity index (χ4v) is 4.33. The number of hydrogen-bond donors (Lipinski definition) is 3. The molecule has 1 saturated carbocycles. The number of anilines is 2. The summed E-state index contributed by atoms with van der Waals surface area (Å²) < 4.78 is 19.0. The number of aromatic amines is 1. The van der Waals surface area contributed by atoms with E-state index in [1.165, 1.54) is 38.2 Å². The quantitative estimate of drug-likeness (QED) is 0.348. The number of nitrogens with zero attached hydrogens (tertiary/aromatic N) is 1. The first-order valence-corrected chi connectivity index (χ1v) is 12.1. The second-order valence-corrected chi connectivity index (χ2v) is 9.04. The summed E-state index contributed by atoms with van der Waals surface area (Å²) in [5.41, 5.74) is 2.73. The van der Waals surface area contributed by atoms with Crippen LogP contribution in [-0.2, 0) is 16.2 Å². The van der Waals surface area contributed by atoms with E-state index in [1.807, 2.05) is 13.1 Å². The molecule has 176 valence electrons. The average molecular weight is 686 g/mol. The van der Waals surface area contributed by atoms with Crippen molar-refractivity contribution in [2.45, 2.75) is 63.0 Å². The van der Waals surface area contributed by atoms with Gasteiger partial charge in [0.25, 0.3) is 0 Å². The second kappa shape index (κ2) is 16.0. The minimum atomic E-state index is -0.142. The van der Waals surface area contributed by atoms with Gasteiger partial charge in [-0.3, -0.25) is 11.2 Å². The number of nitrogens with one attached hydrogen (secondary N) is 3. The standard InChI is InChI=1S/C11H10FN3S.C5H11NO.C5H10.C3H5.U/c12-11-8-6-16-5-7(8)1-2-9(11)14-10-3-4-13-15-10;1-5(6-2)3-7-4-5;1-2-4-5-3-1;1-3-2;/h1-4H,5-6H2,(H2,13,14,15);6H,3-4H2,1-2H3;1-5H2;1,3H,2H3;/q;;;-1;. The van der Waals surface area contributed by atoms with Gasteiger partial charge in [0.15, 0.2) is 5.82 Å². The summed E-state index contributed by atoms with van der Waals surface area (Å²) >= 11 is 1.75. The SMILES string of the molecule is C1CCCC1.CNC1(C)COC1.Fc1c(Nc2ccn[nH]2)ccc2c1CSC2.[CH-]=CC.[U]. The van der Waals surface area contributed by atoms with Gasteiger partial charge in [0, 0.05) is 54.2 Å². The van der Waals surface area contributed by atoms with Crippen LogP contribution in [0, 0.1) is 43.5 Å². The van der Waals surface area contributed by atoms with E-state index in [-0.39, 0.29) is 36.9 Å². The zero-order chi connectivity index (χ0) is 22.5. The number of H-pyrrole nitrogens is 1. The number of hydrogen-bond acceptors (Lipinski definition) is 5. The van der Waals surface area contributed by atoms with Gasteiger partial charge in [-0.05, 0) is 25.6 Å². The molecule has 0 unspecified atom stereocenters. The van der Waals surface area contributed by atoms with E-state index in [2.05, 4.69) is 27.8 Å². The first kappa shape index (κ1) is 29.3. The van der Waals surface area contributed by atoms with Gasteiger partial charge in [-0.15, -0.1) is 0 Å². The summed E-state index contributed by atoms with van der Waals surface area (Å²) in [6.07, 6.45) is 10.6. The van der Waals surface area contributed by atoms with Crippen LogP contribution in [0.2, 0.25) is 0 Å². The molecule has 32 heavy (non-hydrogen) atoms. The fraction of sp³-hybridized carbons (Fsp3) is 0.542. The van der Waals surface area contributed by atoms with Gasteiger partial charge in [-0.2, -0.15) is 16.9 Å². The molecule has 0 bridgehead atoms. The third-order valence-electron chi connectivity index (χ3n) is 5.31. The molecule has 8 heteroatoms. The fourth-order valence-electron chi connectivity index (χ4n) is 3.22. The Bertz CT molecular complexity index is 767. The smallest absolute Gasteiger partial charge is 0.151 e. The number of aromatic nitrogens is 2. The summed E-state index contributed by atoms with van der Waals surface area (Å²) in [5.74, 6) is 2.23. The summed E-state index contributed by atoms with van der Waals surface area (Å²) in [6, 6.07) is 5.53. The molecule has 3 heterocycles. The van der Waals surface area contributed by atoms with Crippen LogP contribution in [-0.4, -0.2) is 36.0 Å². The monoisotopic (exact) mass is 685 g/mol. The maximum absolute atomic E-state index is 14.1. The summed E-state index contributed by atoms with van der Waals surface area (Å²) in [7, 11) is 1.96. The van der Waals surface area contributed by atoms with E-state index in [1.54, 1.807) is 37.0 Å². The van der Waals surface area contributed by atoms with E-state index in [4.69, 9.17) is 11.3 Å². The van der Waals surface area contributed by atoms with Crippen LogP contribution in [0.4, 0.5) is 15.9 Å². The van der Waals surface area contributed by atoms with Gasteiger partial charge in [-0.1, -0.05) is 45.1 Å². The minimum Gasteiger partial charge on any atom is -0.518 e. The zero-order valence-corrected chi connectivity index (χ0v) is 24.4. The molecule has 5 rings (SSSR count). The van der Waals surface area contributed by atoms with Crippen LogP contribution < -0.4 is 10.6 Å². The van der Waals surface area contributed by atoms with Crippen LogP contribution >= 0.6 is 11.8 Å². The molecule has 0 atom stereocenters. The first-order chi connectivity index (χ1) is 15.0. The molecule has 2 fully saturated rings. The predicted octanol–water partition coefficient (Wildman–Crippen LogP) is 5.98. The van der Waals surface area contributed by atoms with E-state index in [9.17, 15) is 4.39 Å². The summed E-state index contributed by atoms with van der Waals surface area (Å²) in [4.78, 5) is 0. The minimum absolute atomic E-state index is 0. The predicted molar refractivity (Wildman–Crippen MR) is 129 cm³/mol. The van der Waals surface area contributed by atoms with Crippen molar-refractivity contribution in [1.82, 2.24) is 15.5 Å². The van der Waals surface area contributed by atoms with Crippen LogP contribution in [0.15, 0.2) is 30.5 Å². The molecule has 1 aliphatic carbocycles. The Labute approximate surface area is 220 Å². The number of rotatable bonds is 3. The molecule has 1 aromatic carbocycles. The van der Waals surface area contributed by atoms with E-state index < -0.39 is 0 Å². The number of benzene rings is 1. The van der Waals surface area contributed by atoms with Crippen molar-refractivity contribution in [3.8, 4) is 0 Å². The maximum atomic E-state index is 14.1. The van der Waals surface area contributed by atoms with Crippen molar-refractivity contribution >= 4 is 23.3 Å². The van der Waals surface area contributed by atoms with Crippen molar-refractivity contribution in [1.29, 1.82) is 0 Å². The Morgan fingerprint density at radius 3 is 2.22 bits per heavy atom. The Morgan fingerprint density at radius 2 is 1.78 bits per heavy atom. The third kappa shape index (κ3) is 9.61. The topological polar surface area (TPSA) is 62.0 Å². The Morgan fingerprint density at radius 1 is 1.16 bits per heavy atom. The second-order valence-electron chi connectivity index (χ2n) is 8.06. The number of ether oxygens (including phenoxy) is 1. The molecule has 3 N–H and O–H groups in total. The number of likely N-dealkylation sites (N-methyl/N-ethyl adjacent to an activating group) is 1.